The van der Waals surface area contributed by atoms with E-state index in [1.165, 1.54) is 0 Å². The molecule has 3 aromatic rings. The molecule has 0 fully saturated rings. The van der Waals surface area contributed by atoms with Crippen LogP contribution in [0.2, 0.25) is 10.0 Å². The van der Waals surface area contributed by atoms with Crippen LogP contribution in [0.25, 0.3) is 0 Å². The van der Waals surface area contributed by atoms with Gasteiger partial charge >= 0.3 is 0 Å². The van der Waals surface area contributed by atoms with Crippen molar-refractivity contribution in [2.45, 2.75) is 78.6 Å². The van der Waals surface area contributed by atoms with Crippen LogP contribution in [0.5, 0.6) is 17.2 Å². The van der Waals surface area contributed by atoms with Crippen molar-refractivity contribution in [3.8, 4) is 17.2 Å². The number of rotatable bonds is 11. The number of hydrogen-bond acceptors (Lipinski definition) is 5. The van der Waals surface area contributed by atoms with Crippen molar-refractivity contribution in [3.05, 3.63) is 69.2 Å². The van der Waals surface area contributed by atoms with Gasteiger partial charge in [-0.05, 0) is 82.2 Å². The molecule has 3 rings (SSSR count). The minimum Gasteiger partial charge on any atom is -0.507 e. The van der Waals surface area contributed by atoms with Crippen LogP contribution in [0.4, 0.5) is 0 Å². The Hall–Kier alpha value is -2.01. The van der Waals surface area contributed by atoms with E-state index < -0.39 is 7.92 Å². The highest BCUT2D eigenvalue weighted by Gasteiger charge is 2.35. The number of aromatic hydroxyl groups is 1. The molecule has 0 saturated carbocycles. The van der Waals surface area contributed by atoms with Gasteiger partial charge in [0.2, 0.25) is 0 Å². The lowest BCUT2D eigenvalue weighted by molar-refractivity contribution is 0.258. The molecule has 5 nitrogen and oxygen atoms in total. The minimum absolute atomic E-state index is 0.265. The number of likely N-dealkylation sites (N-methyl/N-ethyl adjacent to an activating group) is 2. The first-order chi connectivity index (χ1) is 21.1. The minimum atomic E-state index is -1.49. The molecule has 0 aliphatic heterocycles. The van der Waals surface area contributed by atoms with Crippen molar-refractivity contribution < 1.29 is 14.6 Å². The molecule has 0 spiro atoms. The topological polar surface area (TPSA) is 45.2 Å². The third kappa shape index (κ3) is 9.54. The van der Waals surface area contributed by atoms with Crippen molar-refractivity contribution in [1.82, 2.24) is 9.80 Å². The number of nitrogens with zero attached hydrogens (tertiary/aromatic N) is 2. The second kappa shape index (κ2) is 15.0. The number of benzene rings is 3. The van der Waals surface area contributed by atoms with Crippen LogP contribution >= 0.6 is 31.1 Å². The average molecular weight is 690 g/mol. The van der Waals surface area contributed by atoms with Gasteiger partial charge in [-0.3, -0.25) is 0 Å². The lowest BCUT2D eigenvalue weighted by atomic mass is 9.86. The lowest BCUT2D eigenvalue weighted by Gasteiger charge is -2.33. The van der Waals surface area contributed by atoms with Crippen LogP contribution in [0.3, 0.4) is 0 Å². The first-order valence-electron chi connectivity index (χ1n) is 16.0. The second-order valence-electron chi connectivity index (χ2n) is 15.7. The Bertz CT molecular complexity index is 1420. The Morgan fingerprint density at radius 1 is 0.609 bits per heavy atom. The van der Waals surface area contributed by atoms with Crippen LogP contribution in [0.15, 0.2) is 42.5 Å². The fourth-order valence-corrected chi connectivity index (χ4v) is 8.52. The summed E-state index contributed by atoms with van der Waals surface area (Å²) in [5, 5.41) is 16.0. The van der Waals surface area contributed by atoms with Gasteiger partial charge in [0.05, 0.1) is 0 Å². The zero-order valence-electron chi connectivity index (χ0n) is 30.2. The van der Waals surface area contributed by atoms with Crippen LogP contribution in [-0.2, 0) is 16.2 Å². The zero-order valence-corrected chi connectivity index (χ0v) is 32.6. The SMILES string of the molecule is CN(C)CCOc1c(P(c2cccc(C(C)(C)C)c2O)c2cc(Cl)cc(C(C)(C)C)c2OCCN(C)C)cc(Cl)cc1C(C)(C)C. The summed E-state index contributed by atoms with van der Waals surface area (Å²) in [4.78, 5) is 4.22. The maximum absolute atomic E-state index is 12.1. The molecule has 0 saturated heterocycles. The molecule has 0 amide bonds. The van der Waals surface area contributed by atoms with Crippen LogP contribution < -0.4 is 25.4 Å². The largest absolute Gasteiger partial charge is 0.507 e. The van der Waals surface area contributed by atoms with Gasteiger partial charge in [-0.15, -0.1) is 0 Å². The van der Waals surface area contributed by atoms with E-state index in [-0.39, 0.29) is 22.0 Å². The molecule has 3 aromatic carbocycles. The van der Waals surface area contributed by atoms with Gasteiger partial charge < -0.3 is 24.4 Å². The van der Waals surface area contributed by atoms with Gasteiger partial charge in [-0.1, -0.05) is 104 Å². The zero-order chi connectivity index (χ0) is 34.8. The van der Waals surface area contributed by atoms with Crippen LogP contribution in [-0.4, -0.2) is 69.4 Å². The summed E-state index contributed by atoms with van der Waals surface area (Å²) in [6, 6.07) is 14.1. The highest BCUT2D eigenvalue weighted by molar-refractivity contribution is 7.80. The molecule has 8 heteroatoms. The Morgan fingerprint density at radius 2 is 1.00 bits per heavy atom. The maximum Gasteiger partial charge on any atom is 0.131 e. The van der Waals surface area contributed by atoms with Crippen LogP contribution in [0, 0.1) is 0 Å². The predicted octanol–water partition coefficient (Wildman–Crippen LogP) is 8.23. The van der Waals surface area contributed by atoms with E-state index in [2.05, 4.69) is 72.1 Å². The molecule has 0 unspecified atom stereocenters. The van der Waals surface area contributed by atoms with Crippen molar-refractivity contribution in [3.63, 3.8) is 0 Å². The Morgan fingerprint density at radius 3 is 1.35 bits per heavy atom. The Kier molecular flexibility index (Phi) is 12.6. The lowest BCUT2D eigenvalue weighted by Crippen LogP contribution is -2.31. The van der Waals surface area contributed by atoms with Crippen LogP contribution in [0.1, 0.15) is 79.0 Å². The molecule has 0 aromatic heterocycles. The number of halogens is 2. The number of ether oxygens (including phenoxy) is 2. The standard InChI is InChI=1S/C38H55Cl2N2O3P/c1-36(2,3)27-15-14-16-30(33(27)43)46(31-23-25(39)21-28(37(4,5)6)34(31)44-19-17-41(10)11)32-24-26(40)22-29(38(7,8)9)35(32)45-20-18-42(12)13/h14-16,21-24,43H,17-20H2,1-13H3. The van der Waals surface area contributed by atoms with E-state index in [1.807, 2.05) is 70.7 Å². The molecule has 254 valence electrons. The molecule has 0 atom stereocenters. The summed E-state index contributed by atoms with van der Waals surface area (Å²) < 4.78 is 13.5. The average Bonchev–Trinajstić information content (AvgIpc) is 2.89. The quantitative estimate of drug-likeness (QED) is 0.206. The highest BCUT2D eigenvalue weighted by atomic mass is 35.5. The van der Waals surface area contributed by atoms with Gasteiger partial charge in [0.25, 0.3) is 0 Å². The molecule has 0 bridgehead atoms. The summed E-state index contributed by atoms with van der Waals surface area (Å²) in [6.07, 6.45) is 0. The van der Waals surface area contributed by atoms with E-state index in [0.29, 0.717) is 23.3 Å². The van der Waals surface area contributed by atoms with Crippen molar-refractivity contribution in [1.29, 1.82) is 0 Å². The number of phenolic OH excluding ortho intramolecular Hbond substituents is 1. The van der Waals surface area contributed by atoms with Gasteiger partial charge in [-0.25, -0.2) is 0 Å². The van der Waals surface area contributed by atoms with Gasteiger partial charge in [0.1, 0.15) is 30.5 Å². The predicted molar refractivity (Wildman–Crippen MR) is 201 cm³/mol. The summed E-state index contributed by atoms with van der Waals surface area (Å²) in [6.45, 7) is 21.9. The smallest absolute Gasteiger partial charge is 0.131 e. The number of para-hydroxylation sites is 1. The summed E-state index contributed by atoms with van der Waals surface area (Å²) in [5.74, 6) is 1.86. The molecular weight excluding hydrogens is 634 g/mol. The first-order valence-corrected chi connectivity index (χ1v) is 18.1. The molecule has 0 aliphatic rings. The molecule has 0 aliphatic carbocycles. The summed E-state index contributed by atoms with van der Waals surface area (Å²) in [5.41, 5.74) is 2.09. The van der Waals surface area contributed by atoms with Crippen molar-refractivity contribution >= 4 is 47.0 Å². The second-order valence-corrected chi connectivity index (χ2v) is 18.7. The highest BCUT2D eigenvalue weighted by Crippen LogP contribution is 2.49. The normalized spacial score (nSPS) is 12.8. The van der Waals surface area contributed by atoms with E-state index >= 15 is 0 Å². The third-order valence-electron chi connectivity index (χ3n) is 7.80. The third-order valence-corrected chi connectivity index (χ3v) is 10.7. The fourth-order valence-electron chi connectivity index (χ4n) is 5.28. The number of phenols is 1. The molecule has 0 heterocycles. The Labute approximate surface area is 289 Å². The van der Waals surface area contributed by atoms with Crippen molar-refractivity contribution in [2.75, 3.05) is 54.5 Å². The van der Waals surface area contributed by atoms with Crippen molar-refractivity contribution in [2.24, 2.45) is 0 Å². The fraction of sp³-hybridized carbons (Fsp3) is 0.526. The molecular formula is C38H55Cl2N2O3P. The Balaban J connectivity index is 2.56. The van der Waals surface area contributed by atoms with E-state index in [4.69, 9.17) is 32.7 Å². The van der Waals surface area contributed by atoms with Gasteiger partial charge in [0, 0.05) is 50.2 Å². The number of hydrogen-bond donors (Lipinski definition) is 1. The van der Waals surface area contributed by atoms with E-state index in [0.717, 1.165) is 57.2 Å². The monoisotopic (exact) mass is 688 g/mol. The maximum atomic E-state index is 12.1. The van der Waals surface area contributed by atoms with E-state index in [9.17, 15) is 5.11 Å². The van der Waals surface area contributed by atoms with Gasteiger partial charge in [-0.2, -0.15) is 0 Å². The van der Waals surface area contributed by atoms with Gasteiger partial charge in [0.15, 0.2) is 0 Å². The summed E-state index contributed by atoms with van der Waals surface area (Å²) in [7, 11) is 6.66. The van der Waals surface area contributed by atoms with E-state index in [1.54, 1.807) is 0 Å². The summed E-state index contributed by atoms with van der Waals surface area (Å²) >= 11 is 14.0. The molecule has 46 heavy (non-hydrogen) atoms. The molecule has 1 N–H and O–H groups in total. The molecule has 0 radical (unpaired) electrons. The first kappa shape index (κ1) is 38.4.